The zero-order valence-electron chi connectivity index (χ0n) is 12.3. The van der Waals surface area contributed by atoms with Crippen molar-refractivity contribution in [2.24, 2.45) is 5.92 Å². The summed E-state index contributed by atoms with van der Waals surface area (Å²) in [5.41, 5.74) is 0. The Morgan fingerprint density at radius 1 is 1.45 bits per heavy atom. The molecule has 2 atom stereocenters. The first kappa shape index (κ1) is 16.9. The molecule has 0 bridgehead atoms. The number of carboxylic acids is 1. The van der Waals surface area contributed by atoms with Gasteiger partial charge in [-0.05, 0) is 32.9 Å². The van der Waals surface area contributed by atoms with Gasteiger partial charge in [0.25, 0.3) is 5.91 Å². The monoisotopic (exact) mass is 346 g/mol. The number of carboxylic acid groups (broad SMARTS) is 1. The quantitative estimate of drug-likeness (QED) is 0.846. The van der Waals surface area contributed by atoms with Crippen molar-refractivity contribution >= 4 is 33.2 Å². The zero-order chi connectivity index (χ0) is 16.5. The van der Waals surface area contributed by atoms with Crippen molar-refractivity contribution in [1.82, 2.24) is 9.62 Å². The minimum atomic E-state index is -3.58. The first-order chi connectivity index (χ1) is 10.3. The van der Waals surface area contributed by atoms with Crippen LogP contribution in [-0.2, 0) is 14.8 Å². The Hall–Kier alpha value is -1.45. The average Bonchev–Trinajstić information content (AvgIpc) is 2.97. The van der Waals surface area contributed by atoms with Crippen molar-refractivity contribution in [3.63, 3.8) is 0 Å². The van der Waals surface area contributed by atoms with Gasteiger partial charge in [0.05, 0.1) is 15.7 Å². The molecule has 1 aromatic heterocycles. The second-order valence-electron chi connectivity index (χ2n) is 5.18. The van der Waals surface area contributed by atoms with Gasteiger partial charge in [0.15, 0.2) is 0 Å². The number of amides is 1. The van der Waals surface area contributed by atoms with Gasteiger partial charge in [0.2, 0.25) is 10.0 Å². The fraction of sp³-hybridized carbons (Fsp3) is 0.538. The summed E-state index contributed by atoms with van der Waals surface area (Å²) in [5, 5.41) is 10.6. The van der Waals surface area contributed by atoms with E-state index in [1.807, 2.05) is 0 Å². The molecule has 7 nitrogen and oxygen atoms in total. The average molecular weight is 346 g/mol. The minimum absolute atomic E-state index is 0.0443. The van der Waals surface area contributed by atoms with Crippen LogP contribution in [0.4, 0.5) is 0 Å². The third-order valence-corrected chi connectivity index (χ3v) is 6.39. The van der Waals surface area contributed by atoms with E-state index in [2.05, 4.69) is 4.72 Å². The highest BCUT2D eigenvalue weighted by Gasteiger charge is 2.36. The van der Waals surface area contributed by atoms with Crippen molar-refractivity contribution in [3.8, 4) is 0 Å². The fourth-order valence-electron chi connectivity index (χ4n) is 2.59. The van der Waals surface area contributed by atoms with Gasteiger partial charge >= 0.3 is 5.97 Å². The molecule has 0 saturated carbocycles. The highest BCUT2D eigenvalue weighted by atomic mass is 32.2. The van der Waals surface area contributed by atoms with E-state index in [1.54, 1.807) is 6.92 Å². The van der Waals surface area contributed by atoms with E-state index >= 15 is 0 Å². The van der Waals surface area contributed by atoms with Crippen LogP contribution >= 0.6 is 11.3 Å². The van der Waals surface area contributed by atoms with Crippen molar-refractivity contribution < 1.29 is 23.1 Å². The number of hydrogen-bond acceptors (Lipinski definition) is 5. The highest BCUT2D eigenvalue weighted by Crippen LogP contribution is 2.28. The molecule has 0 aliphatic carbocycles. The first-order valence-electron chi connectivity index (χ1n) is 6.83. The molecule has 0 radical (unpaired) electrons. The lowest BCUT2D eigenvalue weighted by atomic mass is 9.90. The summed E-state index contributed by atoms with van der Waals surface area (Å²) in [7, 11) is -2.28. The summed E-state index contributed by atoms with van der Waals surface area (Å²) >= 11 is 1.05. The maximum atomic E-state index is 12.5. The molecular formula is C13H18N2O5S2. The van der Waals surface area contributed by atoms with Gasteiger partial charge in [-0.2, -0.15) is 0 Å². The van der Waals surface area contributed by atoms with Gasteiger partial charge in [-0.15, -0.1) is 11.3 Å². The van der Waals surface area contributed by atoms with Crippen LogP contribution in [0.3, 0.4) is 0 Å². The van der Waals surface area contributed by atoms with Crippen LogP contribution in [-0.4, -0.2) is 49.9 Å². The molecule has 2 rings (SSSR count). The van der Waals surface area contributed by atoms with Gasteiger partial charge in [0, 0.05) is 18.0 Å². The number of sulfonamides is 1. The van der Waals surface area contributed by atoms with Crippen LogP contribution in [0, 0.1) is 5.92 Å². The Morgan fingerprint density at radius 3 is 2.73 bits per heavy atom. The van der Waals surface area contributed by atoms with Crippen LogP contribution in [0.5, 0.6) is 0 Å². The summed E-state index contributed by atoms with van der Waals surface area (Å²) < 4.78 is 25.6. The largest absolute Gasteiger partial charge is 0.481 e. The van der Waals surface area contributed by atoms with Crippen LogP contribution in [0.1, 0.15) is 29.4 Å². The van der Waals surface area contributed by atoms with E-state index in [0.29, 0.717) is 24.3 Å². The molecule has 1 amide bonds. The summed E-state index contributed by atoms with van der Waals surface area (Å²) in [6.07, 6.45) is 1.17. The van der Waals surface area contributed by atoms with Crippen LogP contribution in [0.15, 0.2) is 16.3 Å². The molecular weight excluding hydrogens is 328 g/mol. The number of carbonyl (C=O) groups excluding carboxylic acids is 1. The third-order valence-electron chi connectivity index (χ3n) is 3.93. The van der Waals surface area contributed by atoms with Gasteiger partial charge in [0.1, 0.15) is 0 Å². The molecule has 0 aromatic carbocycles. The predicted molar refractivity (Wildman–Crippen MR) is 81.4 cm³/mol. The van der Waals surface area contributed by atoms with Crippen LogP contribution in [0.2, 0.25) is 0 Å². The van der Waals surface area contributed by atoms with Gasteiger partial charge in [-0.1, -0.05) is 0 Å². The number of likely N-dealkylation sites (tertiary alicyclic amines) is 1. The molecule has 2 N–H and O–H groups in total. The molecule has 9 heteroatoms. The lowest BCUT2D eigenvalue weighted by Crippen LogP contribution is -2.48. The van der Waals surface area contributed by atoms with E-state index in [-0.39, 0.29) is 10.8 Å². The van der Waals surface area contributed by atoms with E-state index in [9.17, 15) is 23.1 Å². The molecule has 1 aliphatic rings. The standard InChI is InChI=1S/C13H18N2O5S2/c1-8-10(13(17)18)4-3-5-15(8)12(16)11-6-9(7-21-11)22(19,20)14-2/h6-8,10,14H,3-5H2,1-2H3,(H,17,18)/t8-,10-/m0/s1. The van der Waals surface area contributed by atoms with E-state index < -0.39 is 28.0 Å². The van der Waals surface area contributed by atoms with Gasteiger partial charge in [-0.3, -0.25) is 9.59 Å². The molecule has 1 aliphatic heterocycles. The molecule has 1 saturated heterocycles. The molecule has 1 fully saturated rings. The minimum Gasteiger partial charge on any atom is -0.481 e. The second kappa shape index (κ2) is 6.35. The molecule has 122 valence electrons. The lowest BCUT2D eigenvalue weighted by molar-refractivity contribution is -0.144. The number of nitrogens with zero attached hydrogens (tertiary/aromatic N) is 1. The summed E-state index contributed by atoms with van der Waals surface area (Å²) in [4.78, 5) is 25.6. The smallest absolute Gasteiger partial charge is 0.308 e. The van der Waals surface area contributed by atoms with Crippen LogP contribution < -0.4 is 4.72 Å². The topological polar surface area (TPSA) is 104 Å². The molecule has 1 aromatic rings. The van der Waals surface area contributed by atoms with E-state index in [1.165, 1.54) is 23.4 Å². The lowest BCUT2D eigenvalue weighted by Gasteiger charge is -2.37. The Kier molecular flexibility index (Phi) is 4.88. The summed E-state index contributed by atoms with van der Waals surface area (Å²) in [6, 6.07) is 0.917. The summed E-state index contributed by atoms with van der Waals surface area (Å²) in [6.45, 7) is 2.20. The number of thiophene rings is 1. The highest BCUT2D eigenvalue weighted by molar-refractivity contribution is 7.89. The van der Waals surface area contributed by atoms with Crippen molar-refractivity contribution in [2.75, 3.05) is 13.6 Å². The first-order valence-corrected chi connectivity index (χ1v) is 9.20. The Morgan fingerprint density at radius 2 is 2.14 bits per heavy atom. The van der Waals surface area contributed by atoms with Gasteiger partial charge < -0.3 is 10.0 Å². The SMILES string of the molecule is CNS(=O)(=O)c1csc(C(=O)N2CCC[C@H](C(=O)O)[C@@H]2C)c1. The van der Waals surface area contributed by atoms with Crippen LogP contribution in [0.25, 0.3) is 0 Å². The number of piperidine rings is 1. The Labute approximate surface area is 133 Å². The van der Waals surface area contributed by atoms with Crippen molar-refractivity contribution in [2.45, 2.75) is 30.7 Å². The number of nitrogens with one attached hydrogen (secondary N) is 1. The zero-order valence-corrected chi connectivity index (χ0v) is 13.9. The third kappa shape index (κ3) is 3.16. The Balaban J connectivity index is 2.23. The Bertz CT molecular complexity index is 682. The number of hydrogen-bond donors (Lipinski definition) is 2. The normalized spacial score (nSPS) is 22.5. The van der Waals surface area contributed by atoms with Crippen molar-refractivity contribution in [1.29, 1.82) is 0 Å². The summed E-state index contributed by atoms with van der Waals surface area (Å²) in [5.74, 6) is -1.81. The molecule has 0 unspecified atom stereocenters. The second-order valence-corrected chi connectivity index (χ2v) is 7.98. The number of carbonyl (C=O) groups is 2. The molecule has 22 heavy (non-hydrogen) atoms. The fourth-order valence-corrected chi connectivity index (χ4v) is 4.55. The van der Waals surface area contributed by atoms with E-state index in [4.69, 9.17) is 0 Å². The number of rotatable bonds is 4. The maximum absolute atomic E-state index is 12.5. The predicted octanol–water partition coefficient (Wildman–Crippen LogP) is 0.982. The molecule has 2 heterocycles. The van der Waals surface area contributed by atoms with Gasteiger partial charge in [-0.25, -0.2) is 13.1 Å². The molecule has 0 spiro atoms. The maximum Gasteiger partial charge on any atom is 0.308 e. The van der Waals surface area contributed by atoms with E-state index in [0.717, 1.165) is 11.3 Å². The number of aliphatic carboxylic acids is 1. The van der Waals surface area contributed by atoms with Crippen molar-refractivity contribution in [3.05, 3.63) is 16.3 Å².